The third-order valence-corrected chi connectivity index (χ3v) is 6.03. The number of anilines is 1. The maximum atomic E-state index is 13.7. The Morgan fingerprint density at radius 2 is 2.03 bits per heavy atom. The van der Waals surface area contributed by atoms with E-state index in [1.165, 1.54) is 12.1 Å². The van der Waals surface area contributed by atoms with E-state index in [1.54, 1.807) is 6.07 Å². The predicted molar refractivity (Wildman–Crippen MR) is 114 cm³/mol. The average Bonchev–Trinajstić information content (AvgIpc) is 2.71. The average molecular weight is 463 g/mol. The van der Waals surface area contributed by atoms with Crippen LogP contribution < -0.4 is 15.4 Å². The smallest absolute Gasteiger partial charge is 0.251 e. The lowest BCUT2D eigenvalue weighted by Gasteiger charge is -2.34. The number of aldehydes is 1. The normalized spacial score (nSPS) is 14.6. The summed E-state index contributed by atoms with van der Waals surface area (Å²) in [5.41, 5.74) is 6.65. The highest BCUT2D eigenvalue weighted by atomic mass is 79.9. The van der Waals surface area contributed by atoms with Crippen LogP contribution in [0.3, 0.4) is 0 Å². The van der Waals surface area contributed by atoms with Crippen molar-refractivity contribution in [3.8, 4) is 5.75 Å². The minimum atomic E-state index is -0.788. The van der Waals surface area contributed by atoms with Gasteiger partial charge in [-0.3, -0.25) is 9.59 Å². The van der Waals surface area contributed by atoms with Crippen LogP contribution in [-0.4, -0.2) is 31.9 Å². The van der Waals surface area contributed by atoms with E-state index in [1.807, 2.05) is 18.2 Å². The minimum absolute atomic E-state index is 0.132. The standard InChI is InChI=1S/C22H24BrFN2O3/c23-19-4-1-5-21(18(19)14-27)26-10-8-15(9-11-26)3-2-12-29-16-6-7-17(22(25)28)20(24)13-16/h1,4-7,13-15H,2-3,8-12H2,(H2,25,28). The van der Waals surface area contributed by atoms with Crippen LogP contribution in [0.15, 0.2) is 40.9 Å². The van der Waals surface area contributed by atoms with Crippen LogP contribution in [-0.2, 0) is 0 Å². The van der Waals surface area contributed by atoms with Crippen molar-refractivity contribution in [2.75, 3.05) is 24.6 Å². The van der Waals surface area contributed by atoms with Crippen LogP contribution in [0.25, 0.3) is 0 Å². The summed E-state index contributed by atoms with van der Waals surface area (Å²) >= 11 is 3.44. The second-order valence-corrected chi connectivity index (χ2v) is 8.07. The molecule has 7 heteroatoms. The number of ether oxygens (including phenoxy) is 1. The Balaban J connectivity index is 1.43. The summed E-state index contributed by atoms with van der Waals surface area (Å²) in [6.45, 7) is 2.34. The van der Waals surface area contributed by atoms with Gasteiger partial charge < -0.3 is 15.4 Å². The number of hydrogen-bond donors (Lipinski definition) is 1. The molecule has 0 saturated carbocycles. The van der Waals surface area contributed by atoms with E-state index < -0.39 is 11.7 Å². The number of rotatable bonds is 8. The number of halogens is 2. The molecule has 0 aromatic heterocycles. The van der Waals surface area contributed by atoms with Crippen molar-refractivity contribution in [1.82, 2.24) is 0 Å². The quantitative estimate of drug-likeness (QED) is 0.460. The third-order valence-electron chi connectivity index (χ3n) is 5.33. The summed E-state index contributed by atoms with van der Waals surface area (Å²) < 4.78 is 20.2. The van der Waals surface area contributed by atoms with Crippen molar-refractivity contribution < 1.29 is 18.7 Å². The van der Waals surface area contributed by atoms with E-state index in [0.29, 0.717) is 23.8 Å². The van der Waals surface area contributed by atoms with Crippen LogP contribution in [0.1, 0.15) is 46.4 Å². The maximum absolute atomic E-state index is 13.7. The van der Waals surface area contributed by atoms with Gasteiger partial charge in [-0.25, -0.2) is 4.39 Å². The van der Waals surface area contributed by atoms with Gasteiger partial charge in [-0.2, -0.15) is 0 Å². The van der Waals surface area contributed by atoms with E-state index in [0.717, 1.165) is 55.2 Å². The molecule has 154 valence electrons. The number of carbonyl (C=O) groups excluding carboxylic acids is 2. The van der Waals surface area contributed by atoms with Gasteiger partial charge in [0.15, 0.2) is 6.29 Å². The first kappa shape index (κ1) is 21.3. The Morgan fingerprint density at radius 3 is 2.69 bits per heavy atom. The molecule has 1 heterocycles. The fraction of sp³-hybridized carbons (Fsp3) is 0.364. The number of nitrogens with zero attached hydrogens (tertiary/aromatic N) is 1. The topological polar surface area (TPSA) is 72.6 Å². The van der Waals surface area contributed by atoms with Crippen molar-refractivity contribution >= 4 is 33.8 Å². The van der Waals surface area contributed by atoms with Gasteiger partial charge in [0, 0.05) is 29.3 Å². The second kappa shape index (κ2) is 9.87. The molecule has 1 saturated heterocycles. The number of carbonyl (C=O) groups is 2. The van der Waals surface area contributed by atoms with E-state index in [9.17, 15) is 14.0 Å². The summed E-state index contributed by atoms with van der Waals surface area (Å²) in [5, 5.41) is 0. The molecule has 1 aliphatic heterocycles. The van der Waals surface area contributed by atoms with Crippen LogP contribution in [0.4, 0.5) is 10.1 Å². The van der Waals surface area contributed by atoms with E-state index in [-0.39, 0.29) is 5.56 Å². The first-order valence-corrected chi connectivity index (χ1v) is 10.5. The summed E-state index contributed by atoms with van der Waals surface area (Å²) in [5.74, 6) is -0.442. The zero-order valence-electron chi connectivity index (χ0n) is 16.1. The first-order chi connectivity index (χ1) is 14.0. The van der Waals surface area contributed by atoms with Gasteiger partial charge in [0.2, 0.25) is 0 Å². The molecule has 29 heavy (non-hydrogen) atoms. The highest BCUT2D eigenvalue weighted by Gasteiger charge is 2.21. The van der Waals surface area contributed by atoms with Crippen molar-refractivity contribution in [2.24, 2.45) is 11.7 Å². The van der Waals surface area contributed by atoms with Crippen molar-refractivity contribution in [3.63, 3.8) is 0 Å². The molecule has 1 aliphatic rings. The Labute approximate surface area is 178 Å². The zero-order chi connectivity index (χ0) is 20.8. The first-order valence-electron chi connectivity index (χ1n) is 9.70. The Morgan fingerprint density at radius 1 is 1.28 bits per heavy atom. The van der Waals surface area contributed by atoms with Gasteiger partial charge in [-0.15, -0.1) is 0 Å². The third kappa shape index (κ3) is 5.35. The molecule has 2 N–H and O–H groups in total. The lowest BCUT2D eigenvalue weighted by atomic mass is 9.92. The molecule has 1 amide bonds. The molecule has 0 atom stereocenters. The molecule has 0 aliphatic carbocycles. The van der Waals surface area contributed by atoms with Crippen molar-refractivity contribution in [3.05, 3.63) is 57.8 Å². The van der Waals surface area contributed by atoms with Gasteiger partial charge in [0.05, 0.1) is 17.7 Å². The Kier molecular flexibility index (Phi) is 7.25. The largest absolute Gasteiger partial charge is 0.493 e. The second-order valence-electron chi connectivity index (χ2n) is 7.22. The Hall–Kier alpha value is -2.41. The number of piperidine rings is 1. The summed E-state index contributed by atoms with van der Waals surface area (Å²) in [7, 11) is 0. The van der Waals surface area contributed by atoms with Gasteiger partial charge in [-0.05, 0) is 71.8 Å². The van der Waals surface area contributed by atoms with E-state index >= 15 is 0 Å². The lowest BCUT2D eigenvalue weighted by Crippen LogP contribution is -2.34. The van der Waals surface area contributed by atoms with Gasteiger partial charge in [0.1, 0.15) is 11.6 Å². The summed E-state index contributed by atoms with van der Waals surface area (Å²) in [6, 6.07) is 9.93. The van der Waals surface area contributed by atoms with Crippen LogP contribution in [0.2, 0.25) is 0 Å². The number of benzene rings is 2. The minimum Gasteiger partial charge on any atom is -0.493 e. The molecule has 1 fully saturated rings. The molecule has 5 nitrogen and oxygen atoms in total. The van der Waals surface area contributed by atoms with Gasteiger partial charge in [-0.1, -0.05) is 6.07 Å². The van der Waals surface area contributed by atoms with Crippen LogP contribution >= 0.6 is 15.9 Å². The molecule has 3 rings (SSSR count). The maximum Gasteiger partial charge on any atom is 0.251 e. The number of primary amides is 1. The van der Waals surface area contributed by atoms with Gasteiger partial charge in [0.25, 0.3) is 5.91 Å². The molecule has 0 radical (unpaired) electrons. The number of hydrogen-bond acceptors (Lipinski definition) is 4. The summed E-state index contributed by atoms with van der Waals surface area (Å²) in [6.07, 6.45) is 4.94. The summed E-state index contributed by atoms with van der Waals surface area (Å²) in [4.78, 5) is 24.7. The van der Waals surface area contributed by atoms with Crippen molar-refractivity contribution in [1.29, 1.82) is 0 Å². The van der Waals surface area contributed by atoms with Crippen LogP contribution in [0.5, 0.6) is 5.75 Å². The predicted octanol–water partition coefficient (Wildman–Crippen LogP) is 4.58. The fourth-order valence-electron chi connectivity index (χ4n) is 3.73. The SMILES string of the molecule is NC(=O)c1ccc(OCCCC2CCN(c3cccc(Br)c3C=O)CC2)cc1F. The lowest BCUT2D eigenvalue weighted by molar-refractivity contribution is 0.0996. The molecule has 0 unspecified atom stereocenters. The molecular weight excluding hydrogens is 439 g/mol. The molecule has 2 aromatic rings. The molecule has 0 spiro atoms. The highest BCUT2D eigenvalue weighted by molar-refractivity contribution is 9.10. The zero-order valence-corrected chi connectivity index (χ0v) is 17.7. The van der Waals surface area contributed by atoms with Gasteiger partial charge >= 0.3 is 0 Å². The monoisotopic (exact) mass is 462 g/mol. The van der Waals surface area contributed by atoms with Crippen molar-refractivity contribution in [2.45, 2.75) is 25.7 Å². The molecular formula is C22H24BrFN2O3. The number of nitrogens with two attached hydrogens (primary N) is 1. The van der Waals surface area contributed by atoms with E-state index in [4.69, 9.17) is 10.5 Å². The number of amides is 1. The highest BCUT2D eigenvalue weighted by Crippen LogP contribution is 2.31. The van der Waals surface area contributed by atoms with E-state index in [2.05, 4.69) is 20.8 Å². The fourth-order valence-corrected chi connectivity index (χ4v) is 4.18. The van der Waals surface area contributed by atoms with Crippen LogP contribution in [0, 0.1) is 11.7 Å². The molecule has 0 bridgehead atoms. The molecule has 2 aromatic carbocycles. The Bertz CT molecular complexity index is 882.